The normalized spacial score (nSPS) is 12.4. The number of halogens is 1. The molecule has 0 spiro atoms. The Bertz CT molecular complexity index is 522. The number of benzene rings is 2. The number of rotatable bonds is 4. The third-order valence-corrected chi connectivity index (χ3v) is 3.73. The Kier molecular flexibility index (Phi) is 4.56. The van der Waals surface area contributed by atoms with Crippen LogP contribution >= 0.6 is 15.9 Å². The van der Waals surface area contributed by atoms with Crippen molar-refractivity contribution in [1.29, 1.82) is 0 Å². The van der Waals surface area contributed by atoms with Gasteiger partial charge in [0.1, 0.15) is 0 Å². The van der Waals surface area contributed by atoms with Gasteiger partial charge in [-0.3, -0.25) is 0 Å². The zero-order valence-corrected chi connectivity index (χ0v) is 12.4. The number of nitrogens with one attached hydrogen (secondary N) is 1. The van der Waals surface area contributed by atoms with Gasteiger partial charge in [0.25, 0.3) is 0 Å². The molecule has 1 N–H and O–H groups in total. The first-order chi connectivity index (χ1) is 8.70. The minimum Gasteiger partial charge on any atom is -0.313 e. The first-order valence-electron chi connectivity index (χ1n) is 6.18. The molecule has 0 heterocycles. The lowest BCUT2D eigenvalue weighted by atomic mass is 9.95. The van der Waals surface area contributed by atoms with Gasteiger partial charge in [0.15, 0.2) is 0 Å². The molecule has 2 aromatic carbocycles. The third-order valence-electron chi connectivity index (χ3n) is 3.24. The van der Waals surface area contributed by atoms with E-state index in [1.165, 1.54) is 16.7 Å². The summed E-state index contributed by atoms with van der Waals surface area (Å²) in [7, 11) is 2.02. The highest BCUT2D eigenvalue weighted by Gasteiger charge is 2.11. The van der Waals surface area contributed by atoms with Crippen molar-refractivity contribution in [1.82, 2.24) is 5.32 Å². The first kappa shape index (κ1) is 13.3. The minimum atomic E-state index is 0.362. The van der Waals surface area contributed by atoms with E-state index < -0.39 is 0 Å². The van der Waals surface area contributed by atoms with Crippen LogP contribution in [0.3, 0.4) is 0 Å². The summed E-state index contributed by atoms with van der Waals surface area (Å²) in [6.45, 7) is 2.17. The summed E-state index contributed by atoms with van der Waals surface area (Å²) in [6.07, 6.45) is 1.00. The fourth-order valence-corrected chi connectivity index (χ4v) is 2.69. The lowest BCUT2D eigenvalue weighted by Gasteiger charge is -2.19. The van der Waals surface area contributed by atoms with Crippen LogP contribution in [-0.4, -0.2) is 7.05 Å². The van der Waals surface area contributed by atoms with Gasteiger partial charge < -0.3 is 5.32 Å². The number of hydrogen-bond donors (Lipinski definition) is 1. The zero-order chi connectivity index (χ0) is 13.0. The van der Waals surface area contributed by atoms with Crippen LogP contribution in [0, 0.1) is 6.92 Å². The van der Waals surface area contributed by atoms with Crippen molar-refractivity contribution in [3.05, 3.63) is 69.7 Å². The fraction of sp³-hybridized carbons (Fsp3) is 0.250. The predicted molar refractivity (Wildman–Crippen MR) is 80.8 cm³/mol. The van der Waals surface area contributed by atoms with Gasteiger partial charge in [-0.1, -0.05) is 52.3 Å². The molecule has 0 bridgehead atoms. The van der Waals surface area contributed by atoms with E-state index in [4.69, 9.17) is 0 Å². The second-order valence-corrected chi connectivity index (χ2v) is 5.45. The molecule has 2 rings (SSSR count). The van der Waals surface area contributed by atoms with E-state index in [0.717, 1.165) is 10.9 Å². The van der Waals surface area contributed by atoms with Gasteiger partial charge >= 0.3 is 0 Å². The summed E-state index contributed by atoms with van der Waals surface area (Å²) >= 11 is 3.52. The van der Waals surface area contributed by atoms with E-state index in [-0.39, 0.29) is 0 Å². The van der Waals surface area contributed by atoms with E-state index >= 15 is 0 Å². The lowest BCUT2D eigenvalue weighted by Crippen LogP contribution is -2.19. The summed E-state index contributed by atoms with van der Waals surface area (Å²) in [5.41, 5.74) is 4.05. The van der Waals surface area contributed by atoms with Gasteiger partial charge in [0, 0.05) is 10.5 Å². The molecule has 18 heavy (non-hydrogen) atoms. The second-order valence-electron chi connectivity index (χ2n) is 4.53. The molecule has 0 amide bonds. The van der Waals surface area contributed by atoms with Crippen LogP contribution in [0.2, 0.25) is 0 Å². The topological polar surface area (TPSA) is 12.0 Å². The van der Waals surface area contributed by atoms with Crippen LogP contribution in [0.15, 0.2) is 53.0 Å². The Morgan fingerprint density at radius 2 is 1.89 bits per heavy atom. The highest BCUT2D eigenvalue weighted by molar-refractivity contribution is 9.10. The summed E-state index contributed by atoms with van der Waals surface area (Å²) in [4.78, 5) is 0. The van der Waals surface area contributed by atoms with Gasteiger partial charge in [-0.2, -0.15) is 0 Å². The SMILES string of the molecule is CNC(Cc1cccc(Br)c1)c1ccccc1C. The second kappa shape index (κ2) is 6.17. The largest absolute Gasteiger partial charge is 0.313 e. The highest BCUT2D eigenvalue weighted by atomic mass is 79.9. The van der Waals surface area contributed by atoms with E-state index in [0.29, 0.717) is 6.04 Å². The minimum absolute atomic E-state index is 0.362. The van der Waals surface area contributed by atoms with Crippen molar-refractivity contribution < 1.29 is 0 Å². The van der Waals surface area contributed by atoms with Crippen LogP contribution in [0.25, 0.3) is 0 Å². The van der Waals surface area contributed by atoms with Crippen molar-refractivity contribution in [2.24, 2.45) is 0 Å². The molecular formula is C16H18BrN. The molecule has 0 aliphatic carbocycles. The molecule has 0 fully saturated rings. The monoisotopic (exact) mass is 303 g/mol. The van der Waals surface area contributed by atoms with Crippen molar-refractivity contribution >= 4 is 15.9 Å². The maximum absolute atomic E-state index is 3.52. The smallest absolute Gasteiger partial charge is 0.0361 e. The van der Waals surface area contributed by atoms with Crippen LogP contribution in [0.4, 0.5) is 0 Å². The maximum Gasteiger partial charge on any atom is 0.0361 e. The highest BCUT2D eigenvalue weighted by Crippen LogP contribution is 2.22. The van der Waals surface area contributed by atoms with Crippen LogP contribution < -0.4 is 5.32 Å². The van der Waals surface area contributed by atoms with E-state index in [1.54, 1.807) is 0 Å². The molecule has 0 aromatic heterocycles. The Morgan fingerprint density at radius 1 is 1.11 bits per heavy atom. The number of aryl methyl sites for hydroxylation is 1. The van der Waals surface area contributed by atoms with Gasteiger partial charge in [0.2, 0.25) is 0 Å². The number of likely N-dealkylation sites (N-methyl/N-ethyl adjacent to an activating group) is 1. The zero-order valence-electron chi connectivity index (χ0n) is 10.8. The first-order valence-corrected chi connectivity index (χ1v) is 6.97. The Hall–Kier alpha value is -1.12. The molecule has 0 saturated carbocycles. The average Bonchev–Trinajstić information content (AvgIpc) is 2.37. The van der Waals surface area contributed by atoms with Gasteiger partial charge in [0.05, 0.1) is 0 Å². The predicted octanol–water partition coefficient (Wildman–Crippen LogP) is 4.26. The standard InChI is InChI=1S/C16H18BrN/c1-12-6-3-4-9-15(12)16(18-2)11-13-7-5-8-14(17)10-13/h3-10,16,18H,11H2,1-2H3. The molecule has 0 aliphatic rings. The van der Waals surface area contributed by atoms with Gasteiger partial charge in [-0.15, -0.1) is 0 Å². The maximum atomic E-state index is 3.52. The Morgan fingerprint density at radius 3 is 2.56 bits per heavy atom. The molecule has 1 atom stereocenters. The molecule has 0 saturated heterocycles. The molecule has 2 heteroatoms. The summed E-state index contributed by atoms with van der Waals surface area (Å²) in [6, 6.07) is 17.4. The van der Waals surface area contributed by atoms with Crippen molar-refractivity contribution in [2.75, 3.05) is 7.05 Å². The van der Waals surface area contributed by atoms with Crippen LogP contribution in [0.5, 0.6) is 0 Å². The molecule has 94 valence electrons. The summed E-state index contributed by atoms with van der Waals surface area (Å²) in [5, 5.41) is 3.41. The summed E-state index contributed by atoms with van der Waals surface area (Å²) in [5.74, 6) is 0. The molecule has 1 unspecified atom stereocenters. The van der Waals surface area contributed by atoms with E-state index in [9.17, 15) is 0 Å². The number of hydrogen-bond acceptors (Lipinski definition) is 1. The summed E-state index contributed by atoms with van der Waals surface area (Å²) < 4.78 is 1.14. The van der Waals surface area contributed by atoms with Crippen LogP contribution in [0.1, 0.15) is 22.7 Å². The quantitative estimate of drug-likeness (QED) is 0.890. The average molecular weight is 304 g/mol. The molecule has 0 radical (unpaired) electrons. The van der Waals surface area contributed by atoms with Crippen molar-refractivity contribution in [3.8, 4) is 0 Å². The van der Waals surface area contributed by atoms with E-state index in [1.807, 2.05) is 7.05 Å². The van der Waals surface area contributed by atoms with Crippen molar-refractivity contribution in [3.63, 3.8) is 0 Å². The fourth-order valence-electron chi connectivity index (χ4n) is 2.24. The third kappa shape index (κ3) is 3.21. The lowest BCUT2D eigenvalue weighted by molar-refractivity contribution is 0.589. The Labute approximate surface area is 117 Å². The molecule has 0 aliphatic heterocycles. The van der Waals surface area contributed by atoms with Crippen LogP contribution in [-0.2, 0) is 6.42 Å². The van der Waals surface area contributed by atoms with Gasteiger partial charge in [-0.25, -0.2) is 0 Å². The molecule has 2 aromatic rings. The van der Waals surface area contributed by atoms with E-state index in [2.05, 4.69) is 76.7 Å². The molecular weight excluding hydrogens is 286 g/mol. The Balaban J connectivity index is 2.23. The van der Waals surface area contributed by atoms with Crippen molar-refractivity contribution in [2.45, 2.75) is 19.4 Å². The molecule has 1 nitrogen and oxygen atoms in total. The van der Waals surface area contributed by atoms with Gasteiger partial charge in [-0.05, 0) is 49.2 Å².